The average molecular weight is 215 g/mol. The minimum atomic E-state index is -1.45. The molecule has 0 heterocycles. The molecule has 0 aliphatic rings. The molecule has 84 valence electrons. The fraction of sp³-hybridized carbons (Fsp3) is 0.455. The summed E-state index contributed by atoms with van der Waals surface area (Å²) < 4.78 is 25.1. The smallest absolute Gasteiger partial charge is 0.112 e. The first-order valence-electron chi connectivity index (χ1n) is 4.78. The molecule has 1 aromatic carbocycles. The highest BCUT2D eigenvalue weighted by Crippen LogP contribution is 2.08. The Hall–Kier alpha value is -1.00. The molecule has 0 aliphatic heterocycles. The molecule has 0 aliphatic carbocycles. The average Bonchev–Trinajstić information content (AvgIpc) is 2.33. The van der Waals surface area contributed by atoms with Crippen molar-refractivity contribution in [2.75, 3.05) is 20.0 Å². The van der Waals surface area contributed by atoms with Gasteiger partial charge in [-0.2, -0.15) is 0 Å². The van der Waals surface area contributed by atoms with Crippen LogP contribution in [0.25, 0.3) is 0 Å². The van der Waals surface area contributed by atoms with Gasteiger partial charge in [0.1, 0.15) is 13.3 Å². The summed E-state index contributed by atoms with van der Waals surface area (Å²) in [6.45, 7) is -2.05. The van der Waals surface area contributed by atoms with Crippen molar-refractivity contribution in [1.82, 2.24) is 5.32 Å². The van der Waals surface area contributed by atoms with Gasteiger partial charge in [0.15, 0.2) is 0 Å². The number of hydrogen-bond donors (Lipinski definition) is 2. The summed E-state index contributed by atoms with van der Waals surface area (Å²) in [7, 11) is 0. The highest BCUT2D eigenvalue weighted by molar-refractivity contribution is 5.14. The predicted octanol–water partition coefficient (Wildman–Crippen LogP) is 1.45. The molecule has 4 heteroatoms. The van der Waals surface area contributed by atoms with E-state index in [1.54, 1.807) is 0 Å². The largest absolute Gasteiger partial charge is 0.394 e. The molecule has 0 aromatic heterocycles. The van der Waals surface area contributed by atoms with Crippen LogP contribution < -0.4 is 5.32 Å². The van der Waals surface area contributed by atoms with Crippen LogP contribution >= 0.6 is 0 Å². The maximum absolute atomic E-state index is 12.6. The molecule has 0 fully saturated rings. The molecule has 0 saturated carbocycles. The Morgan fingerprint density at radius 2 is 1.73 bits per heavy atom. The standard InChI is InChI=1S/C11H15F2NO/c12-7-11(8-13,9-15)14-6-10-4-2-1-3-5-10/h1-5,14-15H,6-9H2. The second-order valence-electron chi connectivity index (χ2n) is 3.54. The van der Waals surface area contributed by atoms with E-state index >= 15 is 0 Å². The lowest BCUT2D eigenvalue weighted by atomic mass is 10.0. The van der Waals surface area contributed by atoms with E-state index in [1.807, 2.05) is 30.3 Å². The minimum Gasteiger partial charge on any atom is -0.394 e. The maximum atomic E-state index is 12.6. The van der Waals surface area contributed by atoms with Crippen molar-refractivity contribution in [3.63, 3.8) is 0 Å². The normalized spacial score (nSPS) is 11.7. The van der Waals surface area contributed by atoms with Crippen LogP contribution in [0, 0.1) is 0 Å². The van der Waals surface area contributed by atoms with Crippen molar-refractivity contribution in [1.29, 1.82) is 0 Å². The van der Waals surface area contributed by atoms with E-state index in [-0.39, 0.29) is 0 Å². The molecule has 2 N–H and O–H groups in total. The van der Waals surface area contributed by atoms with E-state index < -0.39 is 25.5 Å². The van der Waals surface area contributed by atoms with E-state index in [0.717, 1.165) is 5.56 Å². The molecule has 0 spiro atoms. The monoisotopic (exact) mass is 215 g/mol. The first-order chi connectivity index (χ1) is 7.26. The van der Waals surface area contributed by atoms with Gasteiger partial charge in [-0.15, -0.1) is 0 Å². The number of alkyl halides is 2. The van der Waals surface area contributed by atoms with Gasteiger partial charge in [-0.05, 0) is 5.56 Å². The lowest BCUT2D eigenvalue weighted by molar-refractivity contribution is 0.103. The van der Waals surface area contributed by atoms with Crippen LogP contribution in [0.4, 0.5) is 8.78 Å². The van der Waals surface area contributed by atoms with E-state index in [2.05, 4.69) is 5.32 Å². The van der Waals surface area contributed by atoms with E-state index in [4.69, 9.17) is 5.11 Å². The molecule has 0 amide bonds. The van der Waals surface area contributed by atoms with Crippen LogP contribution in [0.5, 0.6) is 0 Å². The van der Waals surface area contributed by atoms with Crippen LogP contribution in [-0.2, 0) is 6.54 Å². The van der Waals surface area contributed by atoms with Gasteiger partial charge < -0.3 is 10.4 Å². The van der Waals surface area contributed by atoms with Crippen LogP contribution in [-0.4, -0.2) is 30.6 Å². The van der Waals surface area contributed by atoms with Gasteiger partial charge in [0.2, 0.25) is 0 Å². The Morgan fingerprint density at radius 3 is 2.20 bits per heavy atom. The molecule has 15 heavy (non-hydrogen) atoms. The molecule has 0 unspecified atom stereocenters. The molecule has 0 saturated heterocycles. The van der Waals surface area contributed by atoms with Gasteiger partial charge in [0.05, 0.1) is 12.1 Å². The Kier molecular flexibility index (Phi) is 4.65. The number of rotatable bonds is 6. The van der Waals surface area contributed by atoms with Gasteiger partial charge in [-0.1, -0.05) is 30.3 Å². The number of aliphatic hydroxyl groups is 1. The highest BCUT2D eigenvalue weighted by atomic mass is 19.1. The third kappa shape index (κ3) is 3.25. The molecule has 1 rings (SSSR count). The summed E-state index contributed by atoms with van der Waals surface area (Å²) in [5.74, 6) is 0. The Morgan fingerprint density at radius 1 is 1.13 bits per heavy atom. The lowest BCUT2D eigenvalue weighted by Gasteiger charge is -2.26. The van der Waals surface area contributed by atoms with Crippen molar-refractivity contribution in [2.24, 2.45) is 0 Å². The van der Waals surface area contributed by atoms with Gasteiger partial charge in [0, 0.05) is 6.54 Å². The topological polar surface area (TPSA) is 32.3 Å². The Balaban J connectivity index is 2.54. The molecule has 2 nitrogen and oxygen atoms in total. The minimum absolute atomic E-state index is 0.342. The number of benzene rings is 1. The van der Waals surface area contributed by atoms with E-state index in [9.17, 15) is 8.78 Å². The van der Waals surface area contributed by atoms with Gasteiger partial charge in [-0.3, -0.25) is 0 Å². The summed E-state index contributed by atoms with van der Waals surface area (Å²) in [5, 5.41) is 11.6. The van der Waals surface area contributed by atoms with Crippen LogP contribution in [0.2, 0.25) is 0 Å². The van der Waals surface area contributed by atoms with Gasteiger partial charge in [0.25, 0.3) is 0 Å². The third-order valence-electron chi connectivity index (χ3n) is 2.32. The van der Waals surface area contributed by atoms with Crippen molar-refractivity contribution in [3.05, 3.63) is 35.9 Å². The predicted molar refractivity (Wildman–Crippen MR) is 55.0 cm³/mol. The summed E-state index contributed by atoms with van der Waals surface area (Å²) in [4.78, 5) is 0. The van der Waals surface area contributed by atoms with E-state index in [1.165, 1.54) is 0 Å². The number of hydrogen-bond acceptors (Lipinski definition) is 2. The zero-order valence-corrected chi connectivity index (χ0v) is 8.42. The number of halogens is 2. The Labute approximate surface area is 87.9 Å². The van der Waals surface area contributed by atoms with Crippen molar-refractivity contribution in [3.8, 4) is 0 Å². The van der Waals surface area contributed by atoms with Crippen molar-refractivity contribution < 1.29 is 13.9 Å². The van der Waals surface area contributed by atoms with Crippen LogP contribution in [0.1, 0.15) is 5.56 Å². The van der Waals surface area contributed by atoms with E-state index in [0.29, 0.717) is 6.54 Å². The molecule has 0 bridgehead atoms. The SMILES string of the molecule is OCC(CF)(CF)NCc1ccccc1. The zero-order valence-electron chi connectivity index (χ0n) is 8.42. The highest BCUT2D eigenvalue weighted by Gasteiger charge is 2.28. The number of nitrogens with one attached hydrogen (secondary N) is 1. The van der Waals surface area contributed by atoms with Crippen molar-refractivity contribution in [2.45, 2.75) is 12.1 Å². The van der Waals surface area contributed by atoms with Crippen LogP contribution in [0.15, 0.2) is 30.3 Å². The molecular weight excluding hydrogens is 200 g/mol. The summed E-state index contributed by atoms with van der Waals surface area (Å²) in [6.07, 6.45) is 0. The second kappa shape index (κ2) is 5.78. The molecule has 0 atom stereocenters. The number of aliphatic hydroxyl groups excluding tert-OH is 1. The van der Waals surface area contributed by atoms with Crippen molar-refractivity contribution >= 4 is 0 Å². The third-order valence-corrected chi connectivity index (χ3v) is 2.32. The zero-order chi connectivity index (χ0) is 11.1. The molecular formula is C11H15F2NO. The lowest BCUT2D eigenvalue weighted by Crippen LogP contribution is -2.52. The quantitative estimate of drug-likeness (QED) is 0.752. The fourth-order valence-electron chi connectivity index (χ4n) is 1.16. The second-order valence-corrected chi connectivity index (χ2v) is 3.54. The maximum Gasteiger partial charge on any atom is 0.112 e. The first kappa shape index (κ1) is 12.1. The summed E-state index contributed by atoms with van der Waals surface area (Å²) >= 11 is 0. The Bertz CT molecular complexity index is 267. The summed E-state index contributed by atoms with van der Waals surface area (Å²) in [6, 6.07) is 9.27. The van der Waals surface area contributed by atoms with Gasteiger partial charge >= 0.3 is 0 Å². The van der Waals surface area contributed by atoms with Gasteiger partial charge in [-0.25, -0.2) is 8.78 Å². The molecule has 1 aromatic rings. The van der Waals surface area contributed by atoms with Crippen LogP contribution in [0.3, 0.4) is 0 Å². The first-order valence-corrected chi connectivity index (χ1v) is 4.78. The fourth-order valence-corrected chi connectivity index (χ4v) is 1.16. The summed E-state index contributed by atoms with van der Waals surface area (Å²) in [5.41, 5.74) is -0.521. The molecule has 0 radical (unpaired) electrons.